The summed E-state index contributed by atoms with van der Waals surface area (Å²) in [6.07, 6.45) is -1.71. The van der Waals surface area contributed by atoms with Gasteiger partial charge >= 0.3 is 5.97 Å². The van der Waals surface area contributed by atoms with Crippen molar-refractivity contribution < 1.29 is 39.3 Å². The van der Waals surface area contributed by atoms with Gasteiger partial charge < -0.3 is 42.7 Å². The third kappa shape index (κ3) is 11.3. The van der Waals surface area contributed by atoms with Crippen molar-refractivity contribution in [1.82, 2.24) is 16.0 Å². The Kier molecular flexibility index (Phi) is 12.5. The number of primary amides is 1. The van der Waals surface area contributed by atoms with Crippen LogP contribution in [0, 0.1) is 5.92 Å². The van der Waals surface area contributed by atoms with Crippen LogP contribution < -0.4 is 27.4 Å². The molecule has 5 unspecified atom stereocenters. The second-order valence-corrected chi connectivity index (χ2v) is 9.30. The number of hydrogen-bond acceptors (Lipinski definition) is 8. The summed E-state index contributed by atoms with van der Waals surface area (Å²) in [6.45, 7) is 4.80. The molecule has 0 aliphatic carbocycles. The average Bonchev–Trinajstić information content (AvgIpc) is 2.79. The van der Waals surface area contributed by atoms with Crippen LogP contribution in [0.4, 0.5) is 0 Å². The minimum Gasteiger partial charge on any atom is -0.508 e. The molecule has 1 aromatic carbocycles. The number of phenols is 1. The molecule has 0 radical (unpaired) electrons. The number of amides is 4. The van der Waals surface area contributed by atoms with Gasteiger partial charge in [0.05, 0.1) is 12.1 Å². The van der Waals surface area contributed by atoms with E-state index in [-0.39, 0.29) is 37.4 Å². The smallest absolute Gasteiger partial charge is 0.326 e. The molecule has 0 heterocycles. The second kappa shape index (κ2) is 14.8. The largest absolute Gasteiger partial charge is 0.508 e. The van der Waals surface area contributed by atoms with Crippen LogP contribution >= 0.6 is 0 Å². The Morgan fingerprint density at radius 1 is 0.892 bits per heavy atom. The molecule has 37 heavy (non-hydrogen) atoms. The highest BCUT2D eigenvalue weighted by molar-refractivity contribution is 5.94. The number of aromatic hydroxyl groups is 1. The monoisotopic (exact) mass is 523 g/mol. The molecule has 4 amide bonds. The zero-order valence-electron chi connectivity index (χ0n) is 21.1. The molecule has 13 heteroatoms. The van der Waals surface area contributed by atoms with Gasteiger partial charge in [-0.2, -0.15) is 0 Å². The lowest BCUT2D eigenvalue weighted by Gasteiger charge is -2.26. The lowest BCUT2D eigenvalue weighted by Crippen LogP contribution is -2.60. The number of benzene rings is 1. The van der Waals surface area contributed by atoms with Gasteiger partial charge in [0.25, 0.3) is 0 Å². The minimum absolute atomic E-state index is 0.0430. The van der Waals surface area contributed by atoms with E-state index in [0.29, 0.717) is 5.56 Å². The van der Waals surface area contributed by atoms with Crippen LogP contribution in [0.15, 0.2) is 24.3 Å². The molecular weight excluding hydrogens is 486 g/mol. The van der Waals surface area contributed by atoms with E-state index < -0.39 is 59.9 Å². The van der Waals surface area contributed by atoms with Crippen molar-refractivity contribution in [3.63, 3.8) is 0 Å². The number of aliphatic carboxylic acids is 1. The van der Waals surface area contributed by atoms with Crippen LogP contribution in [0.1, 0.15) is 45.6 Å². The summed E-state index contributed by atoms with van der Waals surface area (Å²) >= 11 is 0. The highest BCUT2D eigenvalue weighted by Crippen LogP contribution is 2.11. The molecular formula is C24H37N5O8. The van der Waals surface area contributed by atoms with Crippen LogP contribution in [-0.4, -0.2) is 75.2 Å². The quantitative estimate of drug-likeness (QED) is 0.133. The van der Waals surface area contributed by atoms with Crippen molar-refractivity contribution in [2.45, 2.75) is 76.7 Å². The Hall–Kier alpha value is -3.71. The Labute approximate surface area is 215 Å². The molecule has 5 atom stereocenters. The Morgan fingerprint density at radius 2 is 1.46 bits per heavy atom. The summed E-state index contributed by atoms with van der Waals surface area (Å²) in [5.41, 5.74) is 11.7. The fraction of sp³-hybridized carbons (Fsp3) is 0.542. The summed E-state index contributed by atoms with van der Waals surface area (Å²) in [4.78, 5) is 61.2. The summed E-state index contributed by atoms with van der Waals surface area (Å²) in [5, 5.41) is 35.9. The predicted octanol–water partition coefficient (Wildman–Crippen LogP) is -1.51. The van der Waals surface area contributed by atoms with Crippen molar-refractivity contribution in [2.24, 2.45) is 17.4 Å². The molecule has 0 spiro atoms. The first-order chi connectivity index (χ1) is 17.2. The third-order valence-corrected chi connectivity index (χ3v) is 5.43. The topological polar surface area (TPSA) is 234 Å². The maximum atomic E-state index is 12.9. The highest BCUT2D eigenvalue weighted by Gasteiger charge is 2.32. The second-order valence-electron chi connectivity index (χ2n) is 9.30. The first-order valence-corrected chi connectivity index (χ1v) is 11.8. The Balaban J connectivity index is 2.95. The van der Waals surface area contributed by atoms with Crippen molar-refractivity contribution >= 4 is 29.6 Å². The van der Waals surface area contributed by atoms with Crippen LogP contribution in [0.25, 0.3) is 0 Å². The maximum Gasteiger partial charge on any atom is 0.326 e. The highest BCUT2D eigenvalue weighted by atomic mass is 16.4. The molecule has 0 bridgehead atoms. The van der Waals surface area contributed by atoms with Gasteiger partial charge in [-0.1, -0.05) is 26.0 Å². The average molecular weight is 524 g/mol. The van der Waals surface area contributed by atoms with Crippen molar-refractivity contribution in [1.29, 1.82) is 0 Å². The SMILES string of the molecule is CC(C)CC(NC(=O)C(CCC(N)=O)NC(=O)C(NC(=O)C(N)Cc1ccc(O)cc1)C(C)O)C(=O)O. The van der Waals surface area contributed by atoms with Crippen LogP contribution in [-0.2, 0) is 30.4 Å². The summed E-state index contributed by atoms with van der Waals surface area (Å²) < 4.78 is 0. The molecule has 1 aromatic rings. The lowest BCUT2D eigenvalue weighted by atomic mass is 10.0. The van der Waals surface area contributed by atoms with E-state index in [1.807, 2.05) is 0 Å². The van der Waals surface area contributed by atoms with E-state index in [2.05, 4.69) is 16.0 Å². The number of carbonyl (C=O) groups excluding carboxylic acids is 4. The zero-order valence-corrected chi connectivity index (χ0v) is 21.1. The van der Waals surface area contributed by atoms with Gasteiger partial charge in [-0.3, -0.25) is 19.2 Å². The minimum atomic E-state index is -1.51. The number of nitrogens with two attached hydrogens (primary N) is 2. The standard InChI is InChI=1S/C24H37N5O8/c1-12(2)10-18(24(36)37)28-22(34)17(8-9-19(26)32)27-23(35)20(13(3)30)29-21(33)16(25)11-14-4-6-15(31)7-5-14/h4-7,12-13,16-18,20,30-31H,8-11,25H2,1-3H3,(H2,26,32)(H,27,35)(H,28,34)(H,29,33)(H,36,37). The first-order valence-electron chi connectivity index (χ1n) is 11.8. The number of aliphatic hydroxyl groups is 1. The molecule has 10 N–H and O–H groups in total. The van der Waals surface area contributed by atoms with E-state index >= 15 is 0 Å². The number of carboxylic acids is 1. The molecule has 0 aliphatic rings. The summed E-state index contributed by atoms with van der Waals surface area (Å²) in [5.74, 6) is -4.58. The number of hydrogen-bond donors (Lipinski definition) is 8. The van der Waals surface area contributed by atoms with E-state index in [1.165, 1.54) is 19.1 Å². The third-order valence-electron chi connectivity index (χ3n) is 5.43. The molecule has 13 nitrogen and oxygen atoms in total. The number of rotatable bonds is 15. The molecule has 0 aliphatic heterocycles. The van der Waals surface area contributed by atoms with E-state index in [0.717, 1.165) is 0 Å². The maximum absolute atomic E-state index is 12.9. The van der Waals surface area contributed by atoms with Gasteiger partial charge in [-0.25, -0.2) is 4.79 Å². The van der Waals surface area contributed by atoms with Gasteiger partial charge in [0, 0.05) is 6.42 Å². The fourth-order valence-corrected chi connectivity index (χ4v) is 3.43. The number of carboxylic acid groups (broad SMARTS) is 1. The number of phenolic OH excluding ortho intramolecular Hbond substituents is 1. The molecule has 0 fully saturated rings. The van der Waals surface area contributed by atoms with Crippen LogP contribution in [0.2, 0.25) is 0 Å². The molecule has 206 valence electrons. The van der Waals surface area contributed by atoms with Gasteiger partial charge in [-0.15, -0.1) is 0 Å². The van der Waals surface area contributed by atoms with Gasteiger partial charge in [0.15, 0.2) is 0 Å². The predicted molar refractivity (Wildman–Crippen MR) is 133 cm³/mol. The Bertz CT molecular complexity index is 951. The van der Waals surface area contributed by atoms with Gasteiger partial charge in [0.1, 0.15) is 23.9 Å². The molecule has 0 aromatic heterocycles. The molecule has 0 saturated carbocycles. The number of aliphatic hydroxyl groups excluding tert-OH is 1. The van der Waals surface area contributed by atoms with Crippen LogP contribution in [0.3, 0.4) is 0 Å². The summed E-state index contributed by atoms with van der Waals surface area (Å²) in [7, 11) is 0. The van der Waals surface area contributed by atoms with Gasteiger partial charge in [-0.05, 0) is 49.8 Å². The van der Waals surface area contributed by atoms with E-state index in [9.17, 15) is 39.3 Å². The first kappa shape index (κ1) is 31.3. The van der Waals surface area contributed by atoms with Crippen molar-refractivity contribution in [3.8, 4) is 5.75 Å². The fourth-order valence-electron chi connectivity index (χ4n) is 3.43. The number of carbonyl (C=O) groups is 5. The molecule has 0 saturated heterocycles. The molecule has 1 rings (SSSR count). The van der Waals surface area contributed by atoms with E-state index in [1.54, 1.807) is 26.0 Å². The van der Waals surface area contributed by atoms with Crippen molar-refractivity contribution in [3.05, 3.63) is 29.8 Å². The van der Waals surface area contributed by atoms with Gasteiger partial charge in [0.2, 0.25) is 23.6 Å². The number of nitrogens with one attached hydrogen (secondary N) is 3. The van der Waals surface area contributed by atoms with E-state index in [4.69, 9.17) is 11.5 Å². The normalized spacial score (nSPS) is 15.1. The van der Waals surface area contributed by atoms with Crippen molar-refractivity contribution in [2.75, 3.05) is 0 Å². The summed E-state index contributed by atoms with van der Waals surface area (Å²) in [6, 6.07) is 0.815. The Morgan fingerprint density at radius 3 is 1.95 bits per heavy atom. The lowest BCUT2D eigenvalue weighted by molar-refractivity contribution is -0.143. The van der Waals surface area contributed by atoms with Crippen LogP contribution in [0.5, 0.6) is 5.75 Å². The zero-order chi connectivity index (χ0) is 28.3.